The highest BCUT2D eigenvalue weighted by Gasteiger charge is 2.10. The molecule has 0 fully saturated rings. The van der Waals surface area contributed by atoms with E-state index in [2.05, 4.69) is 0 Å². The number of rotatable bonds is 1. The lowest BCUT2D eigenvalue weighted by atomic mass is 9.96. The van der Waals surface area contributed by atoms with Gasteiger partial charge < -0.3 is 4.79 Å². The standard InChI is InChI=1S/C7H9ClO/c8-7-3-1-6(5-9)2-4-7/h3,5-6H,1-2,4H2/t6-/m1/s1. The smallest absolute Gasteiger partial charge is 0.123 e. The molecule has 1 aliphatic rings. The Bertz CT molecular complexity index is 140. The van der Waals surface area contributed by atoms with Gasteiger partial charge in [0.15, 0.2) is 0 Å². The molecule has 0 heterocycles. The first-order valence-electron chi connectivity index (χ1n) is 3.12. The van der Waals surface area contributed by atoms with Crippen LogP contribution >= 0.6 is 11.6 Å². The van der Waals surface area contributed by atoms with E-state index in [1.54, 1.807) is 0 Å². The molecular formula is C7H9ClO. The minimum atomic E-state index is 0.229. The second kappa shape index (κ2) is 3.02. The van der Waals surface area contributed by atoms with Crippen molar-refractivity contribution in [3.8, 4) is 0 Å². The zero-order valence-corrected chi connectivity index (χ0v) is 5.90. The Morgan fingerprint density at radius 2 is 2.56 bits per heavy atom. The van der Waals surface area contributed by atoms with Gasteiger partial charge in [-0.3, -0.25) is 0 Å². The molecule has 0 radical (unpaired) electrons. The largest absolute Gasteiger partial charge is 0.303 e. The minimum absolute atomic E-state index is 0.229. The Balaban J connectivity index is 2.45. The summed E-state index contributed by atoms with van der Waals surface area (Å²) in [6.45, 7) is 0. The Morgan fingerprint density at radius 3 is 3.00 bits per heavy atom. The summed E-state index contributed by atoms with van der Waals surface area (Å²) in [6.07, 6.45) is 5.59. The molecule has 9 heavy (non-hydrogen) atoms. The minimum Gasteiger partial charge on any atom is -0.303 e. The monoisotopic (exact) mass is 144 g/mol. The van der Waals surface area contributed by atoms with E-state index in [1.807, 2.05) is 6.08 Å². The summed E-state index contributed by atoms with van der Waals surface area (Å²) in [5.41, 5.74) is 0. The van der Waals surface area contributed by atoms with Crippen molar-refractivity contribution in [2.24, 2.45) is 5.92 Å². The zero-order chi connectivity index (χ0) is 6.69. The first-order valence-corrected chi connectivity index (χ1v) is 3.50. The molecular weight excluding hydrogens is 136 g/mol. The molecule has 0 amide bonds. The van der Waals surface area contributed by atoms with Crippen LogP contribution in [0.15, 0.2) is 11.1 Å². The highest BCUT2D eigenvalue weighted by molar-refractivity contribution is 6.29. The Morgan fingerprint density at radius 1 is 1.78 bits per heavy atom. The van der Waals surface area contributed by atoms with Crippen molar-refractivity contribution in [1.82, 2.24) is 0 Å². The summed E-state index contributed by atoms with van der Waals surface area (Å²) in [5, 5.41) is 0.910. The maximum absolute atomic E-state index is 10.2. The molecule has 0 spiro atoms. The first-order chi connectivity index (χ1) is 4.33. The average molecular weight is 145 g/mol. The molecule has 0 aromatic rings. The van der Waals surface area contributed by atoms with Crippen LogP contribution in [0.5, 0.6) is 0 Å². The van der Waals surface area contributed by atoms with Gasteiger partial charge in [0.25, 0.3) is 0 Å². The van der Waals surface area contributed by atoms with Crippen LogP contribution in [0.1, 0.15) is 19.3 Å². The van der Waals surface area contributed by atoms with Gasteiger partial charge in [0.1, 0.15) is 6.29 Å². The Hall–Kier alpha value is -0.300. The molecule has 0 saturated heterocycles. The highest BCUT2D eigenvalue weighted by atomic mass is 35.5. The van der Waals surface area contributed by atoms with E-state index in [4.69, 9.17) is 11.6 Å². The molecule has 0 aliphatic heterocycles. The molecule has 1 aliphatic carbocycles. The van der Waals surface area contributed by atoms with Gasteiger partial charge in [-0.05, 0) is 19.3 Å². The number of halogens is 1. The van der Waals surface area contributed by atoms with Gasteiger partial charge in [-0.15, -0.1) is 0 Å². The van der Waals surface area contributed by atoms with Crippen LogP contribution in [0.25, 0.3) is 0 Å². The third kappa shape index (κ3) is 1.83. The lowest BCUT2D eigenvalue weighted by Crippen LogP contribution is -2.04. The predicted octanol–water partition coefficient (Wildman–Crippen LogP) is 2.11. The van der Waals surface area contributed by atoms with Gasteiger partial charge >= 0.3 is 0 Å². The molecule has 2 heteroatoms. The van der Waals surface area contributed by atoms with Crippen molar-refractivity contribution >= 4 is 17.9 Å². The topological polar surface area (TPSA) is 17.1 Å². The molecule has 0 unspecified atom stereocenters. The lowest BCUT2D eigenvalue weighted by molar-refractivity contribution is -0.111. The van der Waals surface area contributed by atoms with Crippen molar-refractivity contribution in [2.45, 2.75) is 19.3 Å². The fourth-order valence-electron chi connectivity index (χ4n) is 0.946. The summed E-state index contributed by atoms with van der Waals surface area (Å²) < 4.78 is 0. The predicted molar refractivity (Wildman–Crippen MR) is 37.3 cm³/mol. The number of aldehydes is 1. The molecule has 0 aromatic carbocycles. The fraction of sp³-hybridized carbons (Fsp3) is 0.571. The van der Waals surface area contributed by atoms with Crippen LogP contribution in [0, 0.1) is 5.92 Å². The van der Waals surface area contributed by atoms with Gasteiger partial charge in [0.05, 0.1) is 0 Å². The summed E-state index contributed by atoms with van der Waals surface area (Å²) >= 11 is 5.68. The van der Waals surface area contributed by atoms with Crippen molar-refractivity contribution in [2.75, 3.05) is 0 Å². The van der Waals surface area contributed by atoms with Crippen molar-refractivity contribution in [3.63, 3.8) is 0 Å². The molecule has 1 atom stereocenters. The quantitative estimate of drug-likeness (QED) is 0.516. The molecule has 0 aromatic heterocycles. The second-order valence-corrected chi connectivity index (χ2v) is 2.81. The molecule has 0 saturated carbocycles. The maximum Gasteiger partial charge on any atom is 0.123 e. The molecule has 50 valence electrons. The van der Waals surface area contributed by atoms with Gasteiger partial charge in [-0.1, -0.05) is 17.7 Å². The SMILES string of the molecule is O=C[C@@H]1CC=C(Cl)CC1. The number of carbonyl (C=O) groups is 1. The molecule has 1 nitrogen and oxygen atoms in total. The van der Waals surface area contributed by atoms with Crippen LogP contribution < -0.4 is 0 Å². The third-order valence-electron chi connectivity index (χ3n) is 1.59. The number of hydrogen-bond donors (Lipinski definition) is 0. The van der Waals surface area contributed by atoms with Gasteiger partial charge in [0.2, 0.25) is 0 Å². The Labute approximate surface area is 59.7 Å². The van der Waals surface area contributed by atoms with E-state index in [0.29, 0.717) is 0 Å². The summed E-state index contributed by atoms with van der Waals surface area (Å²) in [6, 6.07) is 0. The van der Waals surface area contributed by atoms with Crippen LogP contribution in [0.4, 0.5) is 0 Å². The van der Waals surface area contributed by atoms with E-state index in [1.165, 1.54) is 0 Å². The number of hydrogen-bond acceptors (Lipinski definition) is 1. The maximum atomic E-state index is 10.2. The van der Waals surface area contributed by atoms with E-state index in [9.17, 15) is 4.79 Å². The Kier molecular flexibility index (Phi) is 2.29. The van der Waals surface area contributed by atoms with Crippen LogP contribution in [-0.4, -0.2) is 6.29 Å². The van der Waals surface area contributed by atoms with Crippen LogP contribution in [-0.2, 0) is 4.79 Å². The van der Waals surface area contributed by atoms with Crippen LogP contribution in [0.3, 0.4) is 0 Å². The third-order valence-corrected chi connectivity index (χ3v) is 1.93. The van der Waals surface area contributed by atoms with Crippen molar-refractivity contribution in [1.29, 1.82) is 0 Å². The average Bonchev–Trinajstić information content (AvgIpc) is 1.90. The van der Waals surface area contributed by atoms with E-state index in [-0.39, 0.29) is 5.92 Å². The summed E-state index contributed by atoms with van der Waals surface area (Å²) in [7, 11) is 0. The van der Waals surface area contributed by atoms with Gasteiger partial charge in [0, 0.05) is 11.0 Å². The normalized spacial score (nSPS) is 27.2. The van der Waals surface area contributed by atoms with Gasteiger partial charge in [-0.2, -0.15) is 0 Å². The van der Waals surface area contributed by atoms with Crippen molar-refractivity contribution < 1.29 is 4.79 Å². The number of allylic oxidation sites excluding steroid dienone is 2. The van der Waals surface area contributed by atoms with Gasteiger partial charge in [-0.25, -0.2) is 0 Å². The van der Waals surface area contributed by atoms with E-state index < -0.39 is 0 Å². The lowest BCUT2D eigenvalue weighted by Gasteiger charge is -2.11. The molecule has 0 N–H and O–H groups in total. The number of carbonyl (C=O) groups excluding carboxylic acids is 1. The van der Waals surface area contributed by atoms with E-state index >= 15 is 0 Å². The molecule has 1 rings (SSSR count). The zero-order valence-electron chi connectivity index (χ0n) is 5.14. The second-order valence-electron chi connectivity index (χ2n) is 2.32. The van der Waals surface area contributed by atoms with Crippen molar-refractivity contribution in [3.05, 3.63) is 11.1 Å². The first kappa shape index (κ1) is 6.81. The summed E-state index contributed by atoms with van der Waals surface area (Å²) in [4.78, 5) is 10.2. The highest BCUT2D eigenvalue weighted by Crippen LogP contribution is 2.23. The van der Waals surface area contributed by atoms with Crippen LogP contribution in [0.2, 0.25) is 0 Å². The molecule has 0 bridgehead atoms. The fourth-order valence-corrected chi connectivity index (χ4v) is 1.14. The summed E-state index contributed by atoms with van der Waals surface area (Å²) in [5.74, 6) is 0.229. The van der Waals surface area contributed by atoms with E-state index in [0.717, 1.165) is 30.6 Å².